The van der Waals surface area contributed by atoms with Crippen molar-refractivity contribution in [3.63, 3.8) is 0 Å². The van der Waals surface area contributed by atoms with E-state index in [-0.39, 0.29) is 5.91 Å². The number of nitrogens with one attached hydrogen (secondary N) is 1. The molecule has 1 atom stereocenters. The topological polar surface area (TPSA) is 38.3 Å². The first kappa shape index (κ1) is 18.0. The molecule has 3 nitrogen and oxygen atoms in total. The van der Waals surface area contributed by atoms with E-state index >= 15 is 0 Å². The molecule has 0 radical (unpaired) electrons. The van der Waals surface area contributed by atoms with Gasteiger partial charge in [0.2, 0.25) is 0 Å². The Balaban J connectivity index is 2.22. The molecule has 2 aromatic rings. The Morgan fingerprint density at radius 3 is 2.43 bits per heavy atom. The number of amides is 1. The Morgan fingerprint density at radius 1 is 1.22 bits per heavy atom. The van der Waals surface area contributed by atoms with Crippen LogP contribution in [0, 0.1) is 0 Å². The zero-order valence-electron chi connectivity index (χ0n) is 13.3. The van der Waals surface area contributed by atoms with Gasteiger partial charge in [0.05, 0.1) is 17.1 Å². The number of halogens is 2. The second-order valence-electron chi connectivity index (χ2n) is 5.35. The first-order valence-electron chi connectivity index (χ1n) is 7.40. The van der Waals surface area contributed by atoms with E-state index in [2.05, 4.69) is 63.2 Å². The molecule has 0 fully saturated rings. The molecular weight excluding hydrogens is 422 g/mol. The van der Waals surface area contributed by atoms with Crippen LogP contribution in [0.1, 0.15) is 42.1 Å². The quantitative estimate of drug-likeness (QED) is 0.620. The Labute approximate surface area is 153 Å². The zero-order chi connectivity index (χ0) is 17.0. The summed E-state index contributed by atoms with van der Waals surface area (Å²) in [5.41, 5.74) is 2.51. The van der Waals surface area contributed by atoms with Gasteiger partial charge in [-0.1, -0.05) is 41.9 Å². The summed E-state index contributed by atoms with van der Waals surface area (Å²) in [5.74, 6) is 0.822. The van der Waals surface area contributed by atoms with Gasteiger partial charge in [-0.05, 0) is 58.1 Å². The molecule has 0 bridgehead atoms. The third-order valence-corrected chi connectivity index (χ3v) is 4.85. The van der Waals surface area contributed by atoms with Crippen LogP contribution in [0.5, 0.6) is 5.75 Å². The van der Waals surface area contributed by atoms with Gasteiger partial charge in [-0.3, -0.25) is 4.79 Å². The third kappa shape index (κ3) is 4.36. The molecule has 0 spiro atoms. The predicted octanol–water partition coefficient (Wildman–Crippen LogP) is 5.99. The number of carbonyl (C=O) groups is 1. The van der Waals surface area contributed by atoms with Gasteiger partial charge in [-0.2, -0.15) is 0 Å². The number of hydrogen-bond donors (Lipinski definition) is 1. The summed E-state index contributed by atoms with van der Waals surface area (Å²) in [6.07, 6.45) is 1.09. The molecule has 5 heteroatoms. The van der Waals surface area contributed by atoms with E-state index < -0.39 is 0 Å². The average Bonchev–Trinajstić information content (AvgIpc) is 2.54. The monoisotopic (exact) mass is 439 g/mol. The maximum atomic E-state index is 12.5. The van der Waals surface area contributed by atoms with Gasteiger partial charge >= 0.3 is 0 Å². The van der Waals surface area contributed by atoms with E-state index in [9.17, 15) is 4.79 Å². The Hall–Kier alpha value is -1.33. The number of anilines is 1. The molecule has 122 valence electrons. The SMILES string of the molecule is CCC(C)c1ccc(NC(=O)c2cc(Br)cc(Br)c2OC)cc1. The fourth-order valence-corrected chi connectivity index (χ4v) is 3.65. The van der Waals surface area contributed by atoms with Crippen LogP contribution in [0.4, 0.5) is 5.69 Å². The summed E-state index contributed by atoms with van der Waals surface area (Å²) in [5, 5.41) is 2.91. The molecule has 23 heavy (non-hydrogen) atoms. The van der Waals surface area contributed by atoms with Gasteiger partial charge in [0.1, 0.15) is 5.75 Å². The Bertz CT molecular complexity index is 699. The van der Waals surface area contributed by atoms with Crippen molar-refractivity contribution in [2.45, 2.75) is 26.2 Å². The highest BCUT2D eigenvalue weighted by atomic mass is 79.9. The summed E-state index contributed by atoms with van der Waals surface area (Å²) >= 11 is 6.81. The van der Waals surface area contributed by atoms with Crippen molar-refractivity contribution >= 4 is 43.5 Å². The van der Waals surface area contributed by atoms with E-state index in [0.717, 1.165) is 21.1 Å². The van der Waals surface area contributed by atoms with Crippen LogP contribution in [0.2, 0.25) is 0 Å². The number of ether oxygens (including phenoxy) is 1. The molecule has 0 aliphatic rings. The molecule has 0 heterocycles. The van der Waals surface area contributed by atoms with Crippen molar-refractivity contribution in [2.75, 3.05) is 12.4 Å². The van der Waals surface area contributed by atoms with Crippen LogP contribution in [0.3, 0.4) is 0 Å². The van der Waals surface area contributed by atoms with Gasteiger partial charge in [-0.15, -0.1) is 0 Å². The van der Waals surface area contributed by atoms with Crippen molar-refractivity contribution in [1.29, 1.82) is 0 Å². The molecule has 0 aliphatic heterocycles. The minimum Gasteiger partial charge on any atom is -0.495 e. The maximum absolute atomic E-state index is 12.5. The van der Waals surface area contributed by atoms with Crippen LogP contribution in [-0.4, -0.2) is 13.0 Å². The summed E-state index contributed by atoms with van der Waals surface area (Å²) in [7, 11) is 1.55. The van der Waals surface area contributed by atoms with Crippen molar-refractivity contribution in [3.05, 3.63) is 56.5 Å². The van der Waals surface area contributed by atoms with Gasteiger partial charge in [0.25, 0.3) is 5.91 Å². The summed E-state index contributed by atoms with van der Waals surface area (Å²) in [6, 6.07) is 11.6. The number of hydrogen-bond acceptors (Lipinski definition) is 2. The molecule has 1 unspecified atom stereocenters. The molecule has 0 aromatic heterocycles. The smallest absolute Gasteiger partial charge is 0.259 e. The van der Waals surface area contributed by atoms with E-state index in [4.69, 9.17) is 4.74 Å². The summed E-state index contributed by atoms with van der Waals surface area (Å²) in [4.78, 5) is 12.5. The van der Waals surface area contributed by atoms with E-state index in [1.54, 1.807) is 13.2 Å². The lowest BCUT2D eigenvalue weighted by molar-refractivity contribution is 0.102. The van der Waals surface area contributed by atoms with Gasteiger partial charge in [0, 0.05) is 10.2 Å². The Kier molecular flexibility index (Phi) is 6.25. The lowest BCUT2D eigenvalue weighted by Gasteiger charge is -2.13. The second-order valence-corrected chi connectivity index (χ2v) is 7.12. The fourth-order valence-electron chi connectivity index (χ4n) is 2.27. The summed E-state index contributed by atoms with van der Waals surface area (Å²) < 4.78 is 6.86. The number of benzene rings is 2. The second kappa shape index (κ2) is 7.97. The molecule has 2 rings (SSSR count). The molecule has 1 amide bonds. The largest absolute Gasteiger partial charge is 0.495 e. The fraction of sp³-hybridized carbons (Fsp3) is 0.278. The molecule has 2 aromatic carbocycles. The van der Waals surface area contributed by atoms with Crippen LogP contribution >= 0.6 is 31.9 Å². The van der Waals surface area contributed by atoms with Crippen molar-refractivity contribution < 1.29 is 9.53 Å². The van der Waals surface area contributed by atoms with Crippen molar-refractivity contribution in [2.24, 2.45) is 0 Å². The number of rotatable bonds is 5. The highest BCUT2D eigenvalue weighted by Gasteiger charge is 2.16. The van der Waals surface area contributed by atoms with E-state index in [0.29, 0.717) is 17.2 Å². The van der Waals surface area contributed by atoms with Gasteiger partial charge < -0.3 is 10.1 Å². The lowest BCUT2D eigenvalue weighted by atomic mass is 9.98. The van der Waals surface area contributed by atoms with Crippen LogP contribution in [0.25, 0.3) is 0 Å². The van der Waals surface area contributed by atoms with Gasteiger partial charge in [-0.25, -0.2) is 0 Å². The molecule has 0 saturated heterocycles. The molecule has 1 N–H and O–H groups in total. The van der Waals surface area contributed by atoms with E-state index in [1.807, 2.05) is 18.2 Å². The minimum absolute atomic E-state index is 0.208. The standard InChI is InChI=1S/C18H19Br2NO2/c1-4-11(2)12-5-7-14(8-6-12)21-18(22)15-9-13(19)10-16(20)17(15)23-3/h5-11H,4H2,1-3H3,(H,21,22). The third-order valence-electron chi connectivity index (χ3n) is 3.81. The van der Waals surface area contributed by atoms with Crippen LogP contribution in [0.15, 0.2) is 45.3 Å². The zero-order valence-corrected chi connectivity index (χ0v) is 16.5. The first-order valence-corrected chi connectivity index (χ1v) is 8.99. The van der Waals surface area contributed by atoms with E-state index in [1.165, 1.54) is 5.56 Å². The highest BCUT2D eigenvalue weighted by Crippen LogP contribution is 2.33. The molecular formula is C18H19Br2NO2. The van der Waals surface area contributed by atoms with Crippen molar-refractivity contribution in [3.8, 4) is 5.75 Å². The normalized spacial score (nSPS) is 11.9. The summed E-state index contributed by atoms with van der Waals surface area (Å²) in [6.45, 7) is 4.36. The molecule has 0 aliphatic carbocycles. The maximum Gasteiger partial charge on any atom is 0.259 e. The highest BCUT2D eigenvalue weighted by molar-refractivity contribution is 9.11. The number of methoxy groups -OCH3 is 1. The van der Waals surface area contributed by atoms with Crippen molar-refractivity contribution in [1.82, 2.24) is 0 Å². The van der Waals surface area contributed by atoms with Gasteiger partial charge in [0.15, 0.2) is 0 Å². The molecule has 0 saturated carbocycles. The Morgan fingerprint density at radius 2 is 1.87 bits per heavy atom. The lowest BCUT2D eigenvalue weighted by Crippen LogP contribution is -2.13. The first-order chi connectivity index (χ1) is 11.0. The average molecular weight is 441 g/mol. The van der Waals surface area contributed by atoms with Crippen LogP contribution < -0.4 is 10.1 Å². The predicted molar refractivity (Wildman–Crippen MR) is 101 cm³/mol. The number of carbonyl (C=O) groups excluding carboxylic acids is 1. The van der Waals surface area contributed by atoms with Crippen LogP contribution in [-0.2, 0) is 0 Å². The minimum atomic E-state index is -0.208.